The van der Waals surface area contributed by atoms with E-state index in [2.05, 4.69) is 26.1 Å². The molecule has 1 fully saturated rings. The fourth-order valence-electron chi connectivity index (χ4n) is 3.12. The van der Waals surface area contributed by atoms with E-state index in [-0.39, 0.29) is 16.4 Å². The molecular formula is C17H25F2NO3S. The molecule has 1 aromatic carbocycles. The largest absolute Gasteiger partial charge is 0.385 e. The molecule has 7 heteroatoms. The number of hydrogen-bond donors (Lipinski definition) is 1. The molecule has 1 aliphatic heterocycles. The summed E-state index contributed by atoms with van der Waals surface area (Å²) in [5, 5.41) is 3.26. The number of ether oxygens (including phenoxy) is 1. The van der Waals surface area contributed by atoms with Crippen molar-refractivity contribution in [2.75, 3.05) is 18.5 Å². The average Bonchev–Trinajstić information content (AvgIpc) is 2.52. The molecule has 2 rings (SSSR count). The average molecular weight is 361 g/mol. The maximum atomic E-state index is 12.5. The van der Waals surface area contributed by atoms with Crippen LogP contribution in [-0.2, 0) is 14.6 Å². The molecule has 1 aromatic rings. The predicted molar refractivity (Wildman–Crippen MR) is 90.0 cm³/mol. The van der Waals surface area contributed by atoms with E-state index >= 15 is 0 Å². The van der Waals surface area contributed by atoms with Gasteiger partial charge in [0.15, 0.2) is 0 Å². The molecule has 1 aliphatic rings. The SMILES string of the molecule is CC(C)(C)C1OCCCC1CNc1ccc(S(=O)(=O)C(F)F)cc1. The highest BCUT2D eigenvalue weighted by molar-refractivity contribution is 7.91. The fraction of sp³-hybridized carbons (Fsp3) is 0.647. The summed E-state index contributed by atoms with van der Waals surface area (Å²) in [5.74, 6) is -3.05. The maximum absolute atomic E-state index is 12.5. The van der Waals surface area contributed by atoms with Crippen LogP contribution in [0.1, 0.15) is 33.6 Å². The van der Waals surface area contributed by atoms with E-state index in [1.165, 1.54) is 24.3 Å². The van der Waals surface area contributed by atoms with Gasteiger partial charge in [0.2, 0.25) is 9.84 Å². The van der Waals surface area contributed by atoms with E-state index in [1.807, 2.05) is 0 Å². The Morgan fingerprint density at radius 2 is 1.88 bits per heavy atom. The molecule has 0 aromatic heterocycles. The third-order valence-corrected chi connectivity index (χ3v) is 5.68. The highest BCUT2D eigenvalue weighted by Gasteiger charge is 2.35. The lowest BCUT2D eigenvalue weighted by atomic mass is 9.78. The second-order valence-electron chi connectivity index (χ2n) is 7.27. The van der Waals surface area contributed by atoms with Crippen LogP contribution in [0.2, 0.25) is 0 Å². The lowest BCUT2D eigenvalue weighted by Gasteiger charge is -2.40. The van der Waals surface area contributed by atoms with Crippen LogP contribution in [-0.4, -0.2) is 33.4 Å². The van der Waals surface area contributed by atoms with Crippen molar-refractivity contribution in [2.45, 2.75) is 50.4 Å². The molecule has 1 N–H and O–H groups in total. The van der Waals surface area contributed by atoms with E-state index in [1.54, 1.807) is 0 Å². The Kier molecular flexibility index (Phi) is 5.86. The zero-order chi connectivity index (χ0) is 18.0. The van der Waals surface area contributed by atoms with Gasteiger partial charge in [0, 0.05) is 24.8 Å². The van der Waals surface area contributed by atoms with Crippen molar-refractivity contribution < 1.29 is 21.9 Å². The summed E-state index contributed by atoms with van der Waals surface area (Å²) in [7, 11) is -4.54. The molecule has 136 valence electrons. The van der Waals surface area contributed by atoms with Crippen LogP contribution in [0.3, 0.4) is 0 Å². The summed E-state index contributed by atoms with van der Waals surface area (Å²) in [6.45, 7) is 7.93. The molecule has 4 nitrogen and oxygen atoms in total. The molecule has 2 unspecified atom stereocenters. The normalized spacial score (nSPS) is 22.6. The Labute approximate surface area is 142 Å². The number of sulfone groups is 1. The van der Waals surface area contributed by atoms with Crippen molar-refractivity contribution >= 4 is 15.5 Å². The van der Waals surface area contributed by atoms with Gasteiger partial charge in [-0.25, -0.2) is 8.42 Å². The molecular weight excluding hydrogens is 336 g/mol. The van der Waals surface area contributed by atoms with Gasteiger partial charge in [0.05, 0.1) is 11.0 Å². The van der Waals surface area contributed by atoms with Crippen molar-refractivity contribution in [3.63, 3.8) is 0 Å². The van der Waals surface area contributed by atoms with Crippen molar-refractivity contribution in [1.29, 1.82) is 0 Å². The third-order valence-electron chi connectivity index (χ3n) is 4.28. The van der Waals surface area contributed by atoms with Gasteiger partial charge in [-0.05, 0) is 42.5 Å². The summed E-state index contributed by atoms with van der Waals surface area (Å²) in [6, 6.07) is 5.46. The minimum atomic E-state index is -4.54. The standard InChI is InChI=1S/C17H25F2NO3S/c1-17(2,3)15-12(5-4-10-23-15)11-20-13-6-8-14(9-7-13)24(21,22)16(18)19/h6-9,12,15-16,20H,4-5,10-11H2,1-3H3. The number of anilines is 1. The van der Waals surface area contributed by atoms with Crippen LogP contribution < -0.4 is 5.32 Å². The minimum Gasteiger partial charge on any atom is -0.385 e. The van der Waals surface area contributed by atoms with E-state index in [9.17, 15) is 17.2 Å². The Morgan fingerprint density at radius 3 is 2.42 bits per heavy atom. The first-order chi connectivity index (χ1) is 11.1. The quantitative estimate of drug-likeness (QED) is 0.863. The molecule has 24 heavy (non-hydrogen) atoms. The first kappa shape index (κ1) is 19.1. The van der Waals surface area contributed by atoms with Gasteiger partial charge in [0.25, 0.3) is 0 Å². The zero-order valence-electron chi connectivity index (χ0n) is 14.3. The van der Waals surface area contributed by atoms with Crippen LogP contribution in [0.25, 0.3) is 0 Å². The van der Waals surface area contributed by atoms with Crippen LogP contribution >= 0.6 is 0 Å². The second-order valence-corrected chi connectivity index (χ2v) is 9.19. The third kappa shape index (κ3) is 4.45. The minimum absolute atomic E-state index is 0.0436. The second kappa shape index (κ2) is 7.35. The van der Waals surface area contributed by atoms with Gasteiger partial charge < -0.3 is 10.1 Å². The Balaban J connectivity index is 2.02. The molecule has 0 spiro atoms. The van der Waals surface area contributed by atoms with Gasteiger partial charge in [0.1, 0.15) is 0 Å². The Bertz CT molecular complexity index is 639. The summed E-state index contributed by atoms with van der Waals surface area (Å²) < 4.78 is 53.8. The number of nitrogens with one attached hydrogen (secondary N) is 1. The topological polar surface area (TPSA) is 55.4 Å². The summed E-state index contributed by atoms with van der Waals surface area (Å²) in [6.07, 6.45) is 2.23. The molecule has 0 saturated carbocycles. The lowest BCUT2D eigenvalue weighted by Crippen LogP contribution is -2.42. The van der Waals surface area contributed by atoms with Gasteiger partial charge in [-0.3, -0.25) is 0 Å². The molecule has 1 heterocycles. The van der Waals surface area contributed by atoms with Crippen LogP contribution in [0, 0.1) is 11.3 Å². The van der Waals surface area contributed by atoms with E-state index in [0.29, 0.717) is 18.2 Å². The maximum Gasteiger partial charge on any atom is 0.341 e. The smallest absolute Gasteiger partial charge is 0.341 e. The van der Waals surface area contributed by atoms with Gasteiger partial charge in [-0.15, -0.1) is 0 Å². The number of alkyl halides is 2. The molecule has 0 radical (unpaired) electrons. The van der Waals surface area contributed by atoms with E-state index in [0.717, 1.165) is 19.4 Å². The lowest BCUT2D eigenvalue weighted by molar-refractivity contribution is -0.0814. The zero-order valence-corrected chi connectivity index (χ0v) is 15.1. The molecule has 0 aliphatic carbocycles. The highest BCUT2D eigenvalue weighted by atomic mass is 32.2. The van der Waals surface area contributed by atoms with Gasteiger partial charge in [-0.2, -0.15) is 8.78 Å². The van der Waals surface area contributed by atoms with Crippen LogP contribution in [0.5, 0.6) is 0 Å². The summed E-state index contributed by atoms with van der Waals surface area (Å²) in [4.78, 5) is -0.364. The van der Waals surface area contributed by atoms with Crippen LogP contribution in [0.15, 0.2) is 29.2 Å². The van der Waals surface area contributed by atoms with Crippen LogP contribution in [0.4, 0.5) is 14.5 Å². The van der Waals surface area contributed by atoms with Crippen molar-refractivity contribution in [3.05, 3.63) is 24.3 Å². The molecule has 0 bridgehead atoms. The predicted octanol–water partition coefficient (Wildman–Crippen LogP) is 3.94. The fourth-order valence-corrected chi connectivity index (χ4v) is 3.84. The summed E-state index contributed by atoms with van der Waals surface area (Å²) >= 11 is 0. The Hall–Kier alpha value is -1.21. The van der Waals surface area contributed by atoms with Crippen molar-refractivity contribution in [1.82, 2.24) is 0 Å². The first-order valence-electron chi connectivity index (χ1n) is 8.10. The summed E-state index contributed by atoms with van der Waals surface area (Å²) in [5.41, 5.74) is 0.753. The molecule has 0 amide bonds. The van der Waals surface area contributed by atoms with Crippen molar-refractivity contribution in [3.8, 4) is 0 Å². The first-order valence-corrected chi connectivity index (χ1v) is 9.64. The monoisotopic (exact) mass is 361 g/mol. The van der Waals surface area contributed by atoms with Gasteiger partial charge in [-0.1, -0.05) is 20.8 Å². The number of benzene rings is 1. The van der Waals surface area contributed by atoms with E-state index < -0.39 is 15.6 Å². The van der Waals surface area contributed by atoms with Gasteiger partial charge >= 0.3 is 5.76 Å². The molecule has 1 saturated heterocycles. The number of halogens is 2. The van der Waals surface area contributed by atoms with E-state index in [4.69, 9.17) is 4.74 Å². The highest BCUT2D eigenvalue weighted by Crippen LogP contribution is 2.34. The molecule has 2 atom stereocenters. The van der Waals surface area contributed by atoms with Crippen molar-refractivity contribution in [2.24, 2.45) is 11.3 Å². The number of rotatable bonds is 5. The number of hydrogen-bond acceptors (Lipinski definition) is 4. The Morgan fingerprint density at radius 1 is 1.25 bits per heavy atom.